The molecule has 4 aliphatic rings. The minimum Gasteiger partial charge on any atom is -0.445 e. The van der Waals surface area contributed by atoms with E-state index in [1.165, 1.54) is 27.9 Å². The third kappa shape index (κ3) is 4.48. The highest BCUT2D eigenvalue weighted by Gasteiger charge is 2.40. The van der Waals surface area contributed by atoms with E-state index in [-0.39, 0.29) is 23.7 Å². The first-order valence-electron chi connectivity index (χ1n) is 12.4. The summed E-state index contributed by atoms with van der Waals surface area (Å²) in [4.78, 5) is 17.5. The van der Waals surface area contributed by atoms with E-state index in [1.54, 1.807) is 0 Å². The number of piperidine rings is 3. The molecule has 33 heavy (non-hydrogen) atoms. The van der Waals surface area contributed by atoms with Crippen LogP contribution in [0.25, 0.3) is 11.1 Å². The number of nitrogens with one attached hydrogen (secondary N) is 1. The number of amides is 1. The Bertz CT molecular complexity index is 1020. The summed E-state index contributed by atoms with van der Waals surface area (Å²) in [7, 11) is 4.14. The van der Waals surface area contributed by atoms with E-state index in [1.807, 2.05) is 0 Å². The smallest absolute Gasteiger partial charge is 0.407 e. The van der Waals surface area contributed by atoms with Gasteiger partial charge >= 0.3 is 6.09 Å². The number of ether oxygens (including phenoxy) is 1. The highest BCUT2D eigenvalue weighted by Crippen LogP contribution is 2.44. The van der Waals surface area contributed by atoms with Gasteiger partial charge in [-0.2, -0.15) is 0 Å². The van der Waals surface area contributed by atoms with Gasteiger partial charge in [-0.3, -0.25) is 4.90 Å². The average molecular weight is 448 g/mol. The summed E-state index contributed by atoms with van der Waals surface area (Å²) in [6.45, 7) is 7.69. The highest BCUT2D eigenvalue weighted by molar-refractivity contribution is 5.71. The van der Waals surface area contributed by atoms with Crippen LogP contribution in [0.3, 0.4) is 0 Å². The van der Waals surface area contributed by atoms with Crippen molar-refractivity contribution < 1.29 is 9.53 Å². The topological polar surface area (TPSA) is 44.8 Å². The first-order chi connectivity index (χ1) is 15.8. The zero-order chi connectivity index (χ0) is 23.2. The number of aryl methyl sites for hydroxylation is 1. The molecule has 1 amide bonds. The third-order valence-electron chi connectivity index (χ3n) is 8.09. The van der Waals surface area contributed by atoms with Crippen molar-refractivity contribution in [1.29, 1.82) is 0 Å². The molecule has 2 atom stereocenters. The Hall–Kier alpha value is -2.53. The number of carbonyl (C=O) groups excluding carboxylic acids is 1. The second-order valence-corrected chi connectivity index (χ2v) is 11.0. The van der Waals surface area contributed by atoms with Gasteiger partial charge in [0, 0.05) is 26.3 Å². The van der Waals surface area contributed by atoms with Crippen LogP contribution in [0.4, 0.5) is 10.5 Å². The van der Waals surface area contributed by atoms with Crippen molar-refractivity contribution in [2.24, 2.45) is 11.3 Å². The number of nitrogens with zero attached hydrogens (tertiary/aromatic N) is 2. The lowest BCUT2D eigenvalue weighted by molar-refractivity contribution is -0.0353. The van der Waals surface area contributed by atoms with Gasteiger partial charge in [-0.1, -0.05) is 44.2 Å². The molecule has 3 fully saturated rings. The monoisotopic (exact) mass is 447 g/mol. The molecule has 2 aromatic carbocycles. The summed E-state index contributed by atoms with van der Waals surface area (Å²) >= 11 is 0. The molecular formula is C28H37N3O2. The molecule has 0 saturated carbocycles. The number of rotatable bonds is 4. The minimum absolute atomic E-state index is 0.0204. The zero-order valence-electron chi connectivity index (χ0n) is 20.4. The van der Waals surface area contributed by atoms with Gasteiger partial charge in [0.25, 0.3) is 0 Å². The average Bonchev–Trinajstić information content (AvgIpc) is 2.81. The molecular weight excluding hydrogens is 410 g/mol. The maximum atomic E-state index is 13.0. The van der Waals surface area contributed by atoms with Crippen LogP contribution >= 0.6 is 0 Å². The van der Waals surface area contributed by atoms with E-state index in [4.69, 9.17) is 4.74 Å². The van der Waals surface area contributed by atoms with Crippen molar-refractivity contribution in [3.63, 3.8) is 0 Å². The van der Waals surface area contributed by atoms with E-state index in [2.05, 4.69) is 85.5 Å². The van der Waals surface area contributed by atoms with Crippen LogP contribution in [0.5, 0.6) is 0 Å². The fourth-order valence-electron chi connectivity index (χ4n) is 5.88. The number of alkyl carbamates (subject to hydrolysis) is 1. The second kappa shape index (κ2) is 8.68. The van der Waals surface area contributed by atoms with Crippen molar-refractivity contribution in [3.8, 4) is 11.1 Å². The summed E-state index contributed by atoms with van der Waals surface area (Å²) in [5.74, 6) is 0.521. The molecule has 0 aromatic heterocycles. The zero-order valence-corrected chi connectivity index (χ0v) is 20.4. The van der Waals surface area contributed by atoms with Gasteiger partial charge in [0.1, 0.15) is 6.10 Å². The molecule has 5 heteroatoms. The number of hydrogen-bond donors (Lipinski definition) is 1. The molecule has 2 bridgehead atoms. The molecule has 1 N–H and O–H groups in total. The van der Waals surface area contributed by atoms with Gasteiger partial charge in [-0.15, -0.1) is 0 Å². The summed E-state index contributed by atoms with van der Waals surface area (Å²) < 4.78 is 5.97. The molecule has 0 radical (unpaired) electrons. The second-order valence-electron chi connectivity index (χ2n) is 11.0. The Morgan fingerprint density at radius 2 is 1.85 bits per heavy atom. The van der Waals surface area contributed by atoms with Crippen molar-refractivity contribution in [3.05, 3.63) is 53.6 Å². The molecule has 3 saturated heterocycles. The molecule has 2 aromatic rings. The molecule has 176 valence electrons. The van der Waals surface area contributed by atoms with Crippen LogP contribution in [0, 0.1) is 11.3 Å². The largest absolute Gasteiger partial charge is 0.445 e. The van der Waals surface area contributed by atoms with E-state index in [0.717, 1.165) is 45.3 Å². The van der Waals surface area contributed by atoms with Crippen molar-refractivity contribution >= 4 is 11.8 Å². The summed E-state index contributed by atoms with van der Waals surface area (Å²) in [6, 6.07) is 15.3. The van der Waals surface area contributed by atoms with Crippen LogP contribution in [-0.2, 0) is 11.2 Å². The Labute approximate surface area is 198 Å². The lowest BCUT2D eigenvalue weighted by Crippen LogP contribution is -2.53. The fraction of sp³-hybridized carbons (Fsp3) is 0.536. The number of hydrogen-bond acceptors (Lipinski definition) is 4. The summed E-state index contributed by atoms with van der Waals surface area (Å²) in [5, 5.41) is 3.27. The Morgan fingerprint density at radius 1 is 1.09 bits per heavy atom. The highest BCUT2D eigenvalue weighted by atomic mass is 16.6. The number of carbonyl (C=O) groups is 1. The molecule has 3 aliphatic heterocycles. The number of fused-ring (bicyclic) bond motifs is 4. The van der Waals surface area contributed by atoms with Gasteiger partial charge in [-0.25, -0.2) is 4.79 Å². The first kappa shape index (κ1) is 22.3. The molecule has 1 aliphatic carbocycles. The predicted octanol–water partition coefficient (Wildman–Crippen LogP) is 5.25. The Balaban J connectivity index is 1.35. The maximum Gasteiger partial charge on any atom is 0.407 e. The normalized spacial score (nSPS) is 27.5. The van der Waals surface area contributed by atoms with Crippen LogP contribution in [0.2, 0.25) is 0 Å². The van der Waals surface area contributed by atoms with Gasteiger partial charge in [-0.05, 0) is 84.5 Å². The minimum atomic E-state index is -0.262. The summed E-state index contributed by atoms with van der Waals surface area (Å²) in [6.07, 6.45) is 4.12. The number of benzene rings is 2. The van der Waals surface area contributed by atoms with Crippen LogP contribution in [0.1, 0.15) is 50.3 Å². The Morgan fingerprint density at radius 3 is 2.55 bits per heavy atom. The summed E-state index contributed by atoms with van der Waals surface area (Å²) in [5.41, 5.74) is 6.18. The van der Waals surface area contributed by atoms with Gasteiger partial charge in [0.15, 0.2) is 0 Å². The molecule has 5 nitrogen and oxygen atoms in total. The fourth-order valence-corrected chi connectivity index (χ4v) is 5.88. The lowest BCUT2D eigenvalue weighted by atomic mass is 9.70. The van der Waals surface area contributed by atoms with Crippen LogP contribution < -0.4 is 10.2 Å². The maximum absolute atomic E-state index is 13.0. The third-order valence-corrected chi connectivity index (χ3v) is 8.09. The van der Waals surface area contributed by atoms with Crippen LogP contribution in [-0.4, -0.2) is 50.8 Å². The first-order valence-corrected chi connectivity index (χ1v) is 12.4. The van der Waals surface area contributed by atoms with Crippen molar-refractivity contribution in [1.82, 2.24) is 10.2 Å². The molecule has 1 unspecified atom stereocenters. The van der Waals surface area contributed by atoms with E-state index in [9.17, 15) is 4.79 Å². The van der Waals surface area contributed by atoms with Gasteiger partial charge in [0.2, 0.25) is 0 Å². The van der Waals surface area contributed by atoms with Crippen molar-refractivity contribution in [2.45, 2.75) is 51.7 Å². The predicted molar refractivity (Wildman–Crippen MR) is 134 cm³/mol. The van der Waals surface area contributed by atoms with Gasteiger partial charge in [0.05, 0.1) is 6.04 Å². The van der Waals surface area contributed by atoms with Crippen molar-refractivity contribution in [2.75, 3.05) is 38.6 Å². The SMILES string of the molecule is CN(C)c1cccc(-c2ccc3c(c2)CCC(C)(C)C3NC(=O)O[C@H]2CN3CCC2CC3)c1. The van der Waals surface area contributed by atoms with Crippen LogP contribution in [0.15, 0.2) is 42.5 Å². The standard InChI is InChI=1S/C28H37N3O2/c1-28(2)13-10-22-16-21(20-6-5-7-23(17-20)30(3)4)8-9-24(22)26(28)29-27(32)33-25-18-31-14-11-19(25)12-15-31/h5-9,16-17,19,25-26H,10-15,18H2,1-4H3,(H,29,32)/t25-,26?/m0/s1. The van der Waals surface area contributed by atoms with E-state index < -0.39 is 0 Å². The Kier molecular flexibility index (Phi) is 5.86. The van der Waals surface area contributed by atoms with E-state index >= 15 is 0 Å². The lowest BCUT2D eigenvalue weighted by Gasteiger charge is -2.44. The molecule has 0 spiro atoms. The van der Waals surface area contributed by atoms with Gasteiger partial charge < -0.3 is 15.0 Å². The molecule has 3 heterocycles. The molecule has 6 rings (SSSR count). The van der Waals surface area contributed by atoms with E-state index in [0.29, 0.717) is 5.92 Å². The number of anilines is 1. The quantitative estimate of drug-likeness (QED) is 0.695.